The van der Waals surface area contributed by atoms with E-state index in [1.54, 1.807) is 0 Å². The molecule has 0 aliphatic rings. The van der Waals surface area contributed by atoms with Crippen molar-refractivity contribution in [2.45, 2.75) is 52.7 Å². The Bertz CT molecular complexity index is 376. The molecule has 0 fully saturated rings. The second-order valence-electron chi connectivity index (χ2n) is 4.63. The van der Waals surface area contributed by atoms with Crippen molar-refractivity contribution in [2.75, 3.05) is 6.54 Å². The fraction of sp³-hybridized carbons (Fsp3) is 0.692. The van der Waals surface area contributed by atoms with Crippen LogP contribution < -0.4 is 0 Å². The van der Waals surface area contributed by atoms with Gasteiger partial charge < -0.3 is 9.67 Å². The van der Waals surface area contributed by atoms with E-state index in [-0.39, 0.29) is 12.6 Å². The van der Waals surface area contributed by atoms with Crippen molar-refractivity contribution >= 4 is 5.97 Å². The summed E-state index contributed by atoms with van der Waals surface area (Å²) in [6.07, 6.45) is 5.63. The van der Waals surface area contributed by atoms with E-state index >= 15 is 0 Å². The summed E-state index contributed by atoms with van der Waals surface area (Å²) in [5.74, 6) is -0.781. The molecule has 0 aromatic carbocycles. The molecule has 1 aromatic heterocycles. The van der Waals surface area contributed by atoms with Gasteiger partial charge in [0.05, 0.1) is 18.6 Å². The molecule has 0 saturated heterocycles. The smallest absolute Gasteiger partial charge is 0.317 e. The third-order valence-electron chi connectivity index (χ3n) is 3.18. The van der Waals surface area contributed by atoms with Gasteiger partial charge in [-0.3, -0.25) is 9.69 Å². The summed E-state index contributed by atoms with van der Waals surface area (Å²) in [4.78, 5) is 17.0. The van der Waals surface area contributed by atoms with Crippen molar-refractivity contribution in [1.29, 1.82) is 0 Å². The molecule has 5 nitrogen and oxygen atoms in total. The molecule has 18 heavy (non-hydrogen) atoms. The molecule has 0 aliphatic carbocycles. The van der Waals surface area contributed by atoms with Gasteiger partial charge in [0.2, 0.25) is 0 Å². The lowest BCUT2D eigenvalue weighted by Gasteiger charge is -2.26. The average Bonchev–Trinajstić information content (AvgIpc) is 2.75. The van der Waals surface area contributed by atoms with Crippen LogP contribution in [0, 0.1) is 0 Å². The largest absolute Gasteiger partial charge is 0.480 e. The van der Waals surface area contributed by atoms with E-state index in [0.29, 0.717) is 6.54 Å². The van der Waals surface area contributed by atoms with E-state index in [2.05, 4.69) is 30.3 Å². The Morgan fingerprint density at radius 3 is 2.83 bits per heavy atom. The van der Waals surface area contributed by atoms with Crippen LogP contribution in [0.3, 0.4) is 0 Å². The molecule has 1 N–H and O–H groups in total. The number of carbonyl (C=O) groups is 1. The fourth-order valence-corrected chi connectivity index (χ4v) is 1.93. The van der Waals surface area contributed by atoms with Crippen LogP contribution >= 0.6 is 0 Å². The Morgan fingerprint density at radius 2 is 2.28 bits per heavy atom. The molecule has 0 aliphatic heterocycles. The quantitative estimate of drug-likeness (QED) is 0.769. The Kier molecular flexibility index (Phi) is 5.85. The summed E-state index contributed by atoms with van der Waals surface area (Å²) in [6, 6.07) is 0.256. The number of imidazole rings is 1. The molecular formula is C13H23N3O2. The lowest BCUT2D eigenvalue weighted by atomic mass is 10.2. The van der Waals surface area contributed by atoms with E-state index in [4.69, 9.17) is 5.11 Å². The zero-order valence-corrected chi connectivity index (χ0v) is 11.5. The number of carboxylic acid groups (broad SMARTS) is 1. The standard InChI is InChI=1S/C13H23N3O2/c1-4-6-15-10-14-7-12(15)8-16(9-13(17)18)11(3)5-2/h7,10-11H,4-6,8-9H2,1-3H3,(H,17,18). The van der Waals surface area contributed by atoms with E-state index in [1.165, 1.54) is 0 Å². The first-order chi connectivity index (χ1) is 8.58. The van der Waals surface area contributed by atoms with Crippen molar-refractivity contribution in [3.8, 4) is 0 Å². The lowest BCUT2D eigenvalue weighted by Crippen LogP contribution is -2.37. The van der Waals surface area contributed by atoms with E-state index in [9.17, 15) is 4.79 Å². The summed E-state index contributed by atoms with van der Waals surface area (Å²) in [6.45, 7) is 7.89. The molecule has 1 heterocycles. The monoisotopic (exact) mass is 253 g/mol. The lowest BCUT2D eigenvalue weighted by molar-refractivity contribution is -0.139. The van der Waals surface area contributed by atoms with E-state index in [0.717, 1.165) is 25.1 Å². The molecule has 0 bridgehead atoms. The van der Waals surface area contributed by atoms with Crippen molar-refractivity contribution in [3.63, 3.8) is 0 Å². The minimum atomic E-state index is -0.781. The van der Waals surface area contributed by atoms with Gasteiger partial charge in [0, 0.05) is 25.3 Å². The second kappa shape index (κ2) is 7.16. The van der Waals surface area contributed by atoms with Crippen molar-refractivity contribution in [3.05, 3.63) is 18.2 Å². The Hall–Kier alpha value is -1.36. The first-order valence-electron chi connectivity index (χ1n) is 6.53. The number of carboxylic acids is 1. The molecule has 0 amide bonds. The molecule has 1 rings (SSSR count). The SMILES string of the molecule is CCCn1cncc1CN(CC(=O)O)C(C)CC. The van der Waals surface area contributed by atoms with Gasteiger partial charge in [0.25, 0.3) is 0 Å². The minimum Gasteiger partial charge on any atom is -0.480 e. The number of nitrogens with zero attached hydrogens (tertiary/aromatic N) is 3. The zero-order valence-electron chi connectivity index (χ0n) is 11.5. The maximum absolute atomic E-state index is 10.9. The van der Waals surface area contributed by atoms with Crippen LogP contribution in [0.1, 0.15) is 39.3 Å². The Labute approximate surface area is 108 Å². The van der Waals surface area contributed by atoms with Crippen LogP contribution in [0.15, 0.2) is 12.5 Å². The minimum absolute atomic E-state index is 0.0757. The predicted molar refractivity (Wildman–Crippen MR) is 70.3 cm³/mol. The van der Waals surface area contributed by atoms with Crippen molar-refractivity contribution < 1.29 is 9.90 Å². The number of aromatic nitrogens is 2. The fourth-order valence-electron chi connectivity index (χ4n) is 1.93. The molecule has 1 unspecified atom stereocenters. The van der Waals surface area contributed by atoms with Crippen LogP contribution in [0.4, 0.5) is 0 Å². The Balaban J connectivity index is 2.75. The number of hydrogen-bond donors (Lipinski definition) is 1. The summed E-state index contributed by atoms with van der Waals surface area (Å²) in [5, 5.41) is 8.97. The summed E-state index contributed by atoms with van der Waals surface area (Å²) in [7, 11) is 0. The van der Waals surface area contributed by atoms with Gasteiger partial charge in [0.15, 0.2) is 0 Å². The topological polar surface area (TPSA) is 58.4 Å². The molecule has 0 radical (unpaired) electrons. The van der Waals surface area contributed by atoms with Crippen LogP contribution in [0.2, 0.25) is 0 Å². The molecule has 1 atom stereocenters. The molecule has 1 aromatic rings. The average molecular weight is 253 g/mol. The maximum atomic E-state index is 10.9. The number of rotatable bonds is 8. The molecule has 5 heteroatoms. The Morgan fingerprint density at radius 1 is 1.56 bits per heavy atom. The highest BCUT2D eigenvalue weighted by atomic mass is 16.4. The first kappa shape index (κ1) is 14.7. The molecular weight excluding hydrogens is 230 g/mol. The third-order valence-corrected chi connectivity index (χ3v) is 3.18. The maximum Gasteiger partial charge on any atom is 0.317 e. The number of aryl methyl sites for hydroxylation is 1. The van der Waals surface area contributed by atoms with Crippen molar-refractivity contribution in [2.24, 2.45) is 0 Å². The second-order valence-corrected chi connectivity index (χ2v) is 4.63. The molecule has 0 spiro atoms. The van der Waals surface area contributed by atoms with E-state index in [1.807, 2.05) is 17.4 Å². The van der Waals surface area contributed by atoms with Gasteiger partial charge in [-0.05, 0) is 19.8 Å². The molecule has 0 saturated carbocycles. The van der Waals surface area contributed by atoms with Gasteiger partial charge in [0.1, 0.15) is 0 Å². The van der Waals surface area contributed by atoms with E-state index < -0.39 is 5.97 Å². The number of aliphatic carboxylic acids is 1. The van der Waals surface area contributed by atoms with Gasteiger partial charge in [-0.1, -0.05) is 13.8 Å². The van der Waals surface area contributed by atoms with Gasteiger partial charge >= 0.3 is 5.97 Å². The summed E-state index contributed by atoms with van der Waals surface area (Å²) >= 11 is 0. The number of hydrogen-bond acceptors (Lipinski definition) is 3. The zero-order chi connectivity index (χ0) is 13.5. The van der Waals surface area contributed by atoms with Gasteiger partial charge in [-0.2, -0.15) is 0 Å². The highest BCUT2D eigenvalue weighted by Crippen LogP contribution is 2.10. The van der Waals surface area contributed by atoms with Crippen LogP contribution in [0.25, 0.3) is 0 Å². The van der Waals surface area contributed by atoms with Gasteiger partial charge in [-0.25, -0.2) is 4.98 Å². The third kappa shape index (κ3) is 4.14. The summed E-state index contributed by atoms with van der Waals surface area (Å²) in [5.41, 5.74) is 1.08. The first-order valence-corrected chi connectivity index (χ1v) is 6.53. The molecule has 102 valence electrons. The highest BCUT2D eigenvalue weighted by Gasteiger charge is 2.17. The summed E-state index contributed by atoms with van der Waals surface area (Å²) < 4.78 is 2.09. The van der Waals surface area contributed by atoms with Crippen molar-refractivity contribution in [1.82, 2.24) is 14.5 Å². The van der Waals surface area contributed by atoms with Crippen LogP contribution in [-0.4, -0.2) is 38.1 Å². The predicted octanol–water partition coefficient (Wildman–Crippen LogP) is 1.98. The van der Waals surface area contributed by atoms with Crippen LogP contribution in [0.5, 0.6) is 0 Å². The van der Waals surface area contributed by atoms with Gasteiger partial charge in [-0.15, -0.1) is 0 Å². The van der Waals surface area contributed by atoms with Crippen LogP contribution in [-0.2, 0) is 17.9 Å². The normalized spacial score (nSPS) is 12.9. The highest BCUT2D eigenvalue weighted by molar-refractivity contribution is 5.69.